The van der Waals surface area contributed by atoms with E-state index in [1.807, 2.05) is 18.2 Å². The molecule has 1 aliphatic carbocycles. The molecule has 5 rings (SSSR count). The van der Waals surface area contributed by atoms with Gasteiger partial charge in [-0.05, 0) is 43.3 Å². The van der Waals surface area contributed by atoms with Crippen molar-refractivity contribution in [2.24, 2.45) is 0 Å². The Morgan fingerprint density at radius 2 is 1.93 bits per heavy atom. The Labute approximate surface area is 173 Å². The van der Waals surface area contributed by atoms with Crippen LogP contribution in [-0.4, -0.2) is 61.2 Å². The molecule has 0 radical (unpaired) electrons. The lowest BCUT2D eigenvalue weighted by molar-refractivity contribution is -1.02. The molecular weight excluding hydrogens is 394 g/mol. The Kier molecular flexibility index (Phi) is 4.98. The van der Waals surface area contributed by atoms with E-state index in [0.29, 0.717) is 35.7 Å². The maximum atomic E-state index is 12.0. The predicted molar refractivity (Wildman–Crippen MR) is 104 cm³/mol. The lowest BCUT2D eigenvalue weighted by atomic mass is 10.2. The van der Waals surface area contributed by atoms with Crippen LogP contribution in [0.25, 0.3) is 11.5 Å². The molecule has 0 atom stereocenters. The lowest BCUT2D eigenvalue weighted by Gasteiger charge is -2.28. The molecule has 1 saturated carbocycles. The van der Waals surface area contributed by atoms with Gasteiger partial charge in [0.1, 0.15) is 26.2 Å². The van der Waals surface area contributed by atoms with Crippen LogP contribution in [-0.2, 0) is 11.5 Å². The quantitative estimate of drug-likeness (QED) is 0.501. The van der Waals surface area contributed by atoms with Crippen LogP contribution in [0.2, 0.25) is 0 Å². The lowest BCUT2D eigenvalue weighted by Crippen LogP contribution is -3.28. The first-order valence-electron chi connectivity index (χ1n) is 10.1. The van der Waals surface area contributed by atoms with Crippen LogP contribution in [0.1, 0.15) is 12.8 Å². The highest BCUT2D eigenvalue weighted by Gasteiger charge is 2.28. The molecule has 3 N–H and O–H groups in total. The molecule has 1 saturated heterocycles. The number of ether oxygens (including phenoxy) is 2. The molecular formula is C19H25N5O4S+2. The van der Waals surface area contributed by atoms with Crippen LogP contribution in [0.15, 0.2) is 22.6 Å². The number of benzene rings is 1. The number of carbonyl (C=O) groups is 1. The van der Waals surface area contributed by atoms with Gasteiger partial charge in [0.05, 0.1) is 0 Å². The molecule has 3 heterocycles. The fraction of sp³-hybridized carbons (Fsp3) is 0.526. The summed E-state index contributed by atoms with van der Waals surface area (Å²) in [6.07, 6.45) is 2.26. The minimum absolute atomic E-state index is 0.179. The maximum Gasteiger partial charge on any atom is 0.292 e. The van der Waals surface area contributed by atoms with E-state index in [-0.39, 0.29) is 12.7 Å². The summed E-state index contributed by atoms with van der Waals surface area (Å²) < 4.78 is 18.2. The van der Waals surface area contributed by atoms with Gasteiger partial charge in [0.15, 0.2) is 24.7 Å². The molecule has 2 aromatic rings. The van der Waals surface area contributed by atoms with Crippen LogP contribution in [0.5, 0.6) is 11.5 Å². The predicted octanol–water partition coefficient (Wildman–Crippen LogP) is -1.38. The molecule has 0 spiro atoms. The molecule has 10 heteroatoms. The van der Waals surface area contributed by atoms with Gasteiger partial charge in [0.25, 0.3) is 10.7 Å². The van der Waals surface area contributed by atoms with Crippen molar-refractivity contribution in [3.05, 3.63) is 23.0 Å². The van der Waals surface area contributed by atoms with Crippen LogP contribution < -0.4 is 24.6 Å². The van der Waals surface area contributed by atoms with E-state index in [0.717, 1.165) is 50.3 Å². The molecule has 3 aliphatic rings. The van der Waals surface area contributed by atoms with Gasteiger partial charge in [-0.3, -0.25) is 4.79 Å². The first-order valence-corrected chi connectivity index (χ1v) is 10.5. The number of hydrogen-bond acceptors (Lipinski definition) is 6. The number of nitrogens with one attached hydrogen (secondary N) is 3. The summed E-state index contributed by atoms with van der Waals surface area (Å²) in [6, 6.07) is 6.03. The number of amides is 1. The zero-order chi connectivity index (χ0) is 19.8. The number of aromatic nitrogens is 2. The van der Waals surface area contributed by atoms with E-state index in [2.05, 4.69) is 10.4 Å². The number of quaternary nitrogens is 2. The van der Waals surface area contributed by atoms with Gasteiger partial charge in [-0.1, -0.05) is 0 Å². The van der Waals surface area contributed by atoms with E-state index in [9.17, 15) is 4.79 Å². The van der Waals surface area contributed by atoms with Crippen molar-refractivity contribution >= 4 is 18.1 Å². The third-order valence-electron chi connectivity index (χ3n) is 5.62. The minimum Gasteiger partial charge on any atom is -0.454 e. The summed E-state index contributed by atoms with van der Waals surface area (Å²) >= 11 is 5.37. The summed E-state index contributed by atoms with van der Waals surface area (Å²) in [5.74, 6) is 2.07. The van der Waals surface area contributed by atoms with Gasteiger partial charge in [-0.25, -0.2) is 0 Å². The molecule has 29 heavy (non-hydrogen) atoms. The SMILES string of the molecule is O=C(C[NH+]1CC[NH+](Cn2nc(-c3ccc4c(c3)OCO4)oc2=S)CC1)NC1CC1. The summed E-state index contributed by atoms with van der Waals surface area (Å²) in [4.78, 5) is 15.1. The Hall–Kier alpha value is -2.43. The molecule has 0 bridgehead atoms. The minimum atomic E-state index is 0.179. The zero-order valence-electron chi connectivity index (χ0n) is 16.1. The van der Waals surface area contributed by atoms with Crippen LogP contribution in [0.4, 0.5) is 0 Å². The van der Waals surface area contributed by atoms with E-state index < -0.39 is 0 Å². The van der Waals surface area contributed by atoms with Gasteiger partial charge in [-0.2, -0.15) is 4.68 Å². The van der Waals surface area contributed by atoms with Crippen molar-refractivity contribution in [1.29, 1.82) is 0 Å². The fourth-order valence-corrected chi connectivity index (χ4v) is 3.97. The number of fused-ring (bicyclic) bond motifs is 1. The highest BCUT2D eigenvalue weighted by Crippen LogP contribution is 2.35. The van der Waals surface area contributed by atoms with Crippen LogP contribution in [0, 0.1) is 4.84 Å². The Balaban J connectivity index is 1.17. The highest BCUT2D eigenvalue weighted by atomic mass is 32.1. The molecule has 154 valence electrons. The Morgan fingerprint density at radius 1 is 1.17 bits per heavy atom. The van der Waals surface area contributed by atoms with Gasteiger partial charge in [-0.15, -0.1) is 5.10 Å². The smallest absolute Gasteiger partial charge is 0.292 e. The van der Waals surface area contributed by atoms with Gasteiger partial charge in [0, 0.05) is 11.6 Å². The molecule has 2 aliphatic heterocycles. The van der Waals surface area contributed by atoms with Crippen molar-refractivity contribution < 1.29 is 28.5 Å². The Morgan fingerprint density at radius 3 is 2.72 bits per heavy atom. The van der Waals surface area contributed by atoms with Crippen LogP contribution >= 0.6 is 12.2 Å². The van der Waals surface area contributed by atoms with Crippen molar-refractivity contribution in [3.8, 4) is 23.0 Å². The monoisotopic (exact) mass is 419 g/mol. The number of hydrogen-bond donors (Lipinski definition) is 3. The first-order chi connectivity index (χ1) is 14.1. The second-order valence-corrected chi connectivity index (χ2v) is 8.27. The number of carbonyl (C=O) groups excluding carboxylic acids is 1. The first kappa shape index (κ1) is 18.6. The normalized spacial score (nSPS) is 23.2. The zero-order valence-corrected chi connectivity index (χ0v) is 16.9. The molecule has 2 fully saturated rings. The van der Waals surface area contributed by atoms with Crippen molar-refractivity contribution in [2.75, 3.05) is 39.5 Å². The molecule has 0 unspecified atom stereocenters. The largest absolute Gasteiger partial charge is 0.454 e. The van der Waals surface area contributed by atoms with Gasteiger partial charge in [0.2, 0.25) is 12.7 Å². The van der Waals surface area contributed by atoms with Crippen molar-refractivity contribution in [2.45, 2.75) is 25.6 Å². The molecule has 1 aromatic carbocycles. The average molecular weight is 420 g/mol. The summed E-state index contributed by atoms with van der Waals surface area (Å²) in [6.45, 7) is 5.34. The topological polar surface area (TPSA) is 87.4 Å². The summed E-state index contributed by atoms with van der Waals surface area (Å²) in [5, 5.41) is 7.63. The summed E-state index contributed by atoms with van der Waals surface area (Å²) in [5.41, 5.74) is 0.810. The van der Waals surface area contributed by atoms with Gasteiger partial charge < -0.3 is 29.0 Å². The highest BCUT2D eigenvalue weighted by molar-refractivity contribution is 7.71. The van der Waals surface area contributed by atoms with Crippen molar-refractivity contribution in [3.63, 3.8) is 0 Å². The van der Waals surface area contributed by atoms with Crippen LogP contribution in [0.3, 0.4) is 0 Å². The average Bonchev–Trinajstić information content (AvgIpc) is 3.26. The van der Waals surface area contributed by atoms with E-state index >= 15 is 0 Å². The van der Waals surface area contributed by atoms with Crippen molar-refractivity contribution in [1.82, 2.24) is 15.1 Å². The Bertz CT molecular complexity index is 962. The van der Waals surface area contributed by atoms with E-state index in [4.69, 9.17) is 26.1 Å². The standard InChI is InChI=1S/C19H23N5O4S/c25-17(20-14-2-3-14)10-22-5-7-23(8-6-22)11-24-19(29)28-18(21-24)13-1-4-15-16(9-13)27-12-26-15/h1,4,9,14H,2-3,5-8,10-12H2,(H,20,25)/p+2. The second-order valence-electron chi connectivity index (χ2n) is 7.92. The fourth-order valence-electron chi connectivity index (χ4n) is 3.79. The molecule has 1 amide bonds. The second kappa shape index (κ2) is 7.77. The number of nitrogens with zero attached hydrogens (tertiary/aromatic N) is 2. The van der Waals surface area contributed by atoms with E-state index in [1.165, 1.54) is 9.80 Å². The van der Waals surface area contributed by atoms with Gasteiger partial charge >= 0.3 is 0 Å². The van der Waals surface area contributed by atoms with E-state index in [1.54, 1.807) is 4.68 Å². The molecule has 9 nitrogen and oxygen atoms in total. The number of rotatable bonds is 6. The third kappa shape index (κ3) is 4.29. The summed E-state index contributed by atoms with van der Waals surface area (Å²) in [7, 11) is 0. The molecule has 1 aromatic heterocycles. The maximum absolute atomic E-state index is 12.0. The number of piperazine rings is 1. The third-order valence-corrected chi connectivity index (χ3v) is 5.91.